The fraction of sp³-hybridized carbons (Fsp3) is 0.412. The Bertz CT molecular complexity index is 900. The number of anilines is 1. The summed E-state index contributed by atoms with van der Waals surface area (Å²) in [7, 11) is 0. The van der Waals surface area contributed by atoms with E-state index in [0.717, 1.165) is 42.5 Å². The molecule has 1 fully saturated rings. The van der Waals surface area contributed by atoms with Crippen LogP contribution in [0.3, 0.4) is 0 Å². The van der Waals surface area contributed by atoms with Crippen molar-refractivity contribution >= 4 is 23.4 Å². The van der Waals surface area contributed by atoms with Crippen molar-refractivity contribution in [2.75, 3.05) is 37.4 Å². The van der Waals surface area contributed by atoms with Crippen LogP contribution >= 0.6 is 11.9 Å². The number of nitrogens with zero attached hydrogens (tertiary/aromatic N) is 6. The van der Waals surface area contributed by atoms with Crippen LogP contribution in [-0.4, -0.2) is 62.9 Å². The number of imidazole rings is 1. The van der Waals surface area contributed by atoms with Gasteiger partial charge in [-0.3, -0.25) is 14.1 Å². The molecule has 9 heteroatoms. The quantitative estimate of drug-likeness (QED) is 0.677. The molecule has 26 heavy (non-hydrogen) atoms. The van der Waals surface area contributed by atoms with Gasteiger partial charge in [-0.15, -0.1) is 0 Å². The molecule has 8 nitrogen and oxygen atoms in total. The molecule has 0 aromatic carbocycles. The first-order valence-corrected chi connectivity index (χ1v) is 9.72. The minimum absolute atomic E-state index is 0.152. The predicted octanol–water partition coefficient (Wildman–Crippen LogP) is 1.57. The van der Waals surface area contributed by atoms with Crippen molar-refractivity contribution in [3.05, 3.63) is 36.5 Å². The summed E-state index contributed by atoms with van der Waals surface area (Å²) < 4.78 is 11.1. The fourth-order valence-electron chi connectivity index (χ4n) is 3.03. The lowest BCUT2D eigenvalue weighted by molar-refractivity contribution is 0.0444. The van der Waals surface area contributed by atoms with E-state index >= 15 is 0 Å². The summed E-state index contributed by atoms with van der Waals surface area (Å²) in [6.07, 6.45) is 9.47. The third-order valence-electron chi connectivity index (χ3n) is 4.31. The molecule has 4 rings (SSSR count). The number of aromatic nitrogens is 5. The summed E-state index contributed by atoms with van der Waals surface area (Å²) in [5, 5.41) is 0. The van der Waals surface area contributed by atoms with Gasteiger partial charge in [-0.1, -0.05) is 11.9 Å². The molecule has 3 aromatic rings. The van der Waals surface area contributed by atoms with E-state index in [1.165, 1.54) is 0 Å². The summed E-state index contributed by atoms with van der Waals surface area (Å²) >= 11 is 1.61. The standard InChI is InChI=1S/C17H21N7OS/c1-12-10-24-14(8-20-16(24)9-19-12)17-18-4-3-15(22-17)23-5-6-25-13(11-23)7-21-26-2/h3-4,8-10,13,21H,5-7,11H2,1-2H3/t13-/m1/s1. The molecule has 1 N–H and O–H groups in total. The molecule has 0 amide bonds. The third kappa shape index (κ3) is 3.50. The highest BCUT2D eigenvalue weighted by molar-refractivity contribution is 7.96. The zero-order chi connectivity index (χ0) is 17.9. The number of fused-ring (bicyclic) bond motifs is 1. The van der Waals surface area contributed by atoms with Crippen LogP contribution in [0.2, 0.25) is 0 Å². The minimum atomic E-state index is 0.152. The van der Waals surface area contributed by atoms with Crippen molar-refractivity contribution in [3.63, 3.8) is 0 Å². The van der Waals surface area contributed by atoms with Gasteiger partial charge in [-0.05, 0) is 19.2 Å². The lowest BCUT2D eigenvalue weighted by atomic mass is 10.2. The average Bonchev–Trinajstić information content (AvgIpc) is 3.10. The first-order chi connectivity index (χ1) is 12.7. The Balaban J connectivity index is 1.61. The van der Waals surface area contributed by atoms with Gasteiger partial charge in [0.15, 0.2) is 11.5 Å². The fourth-order valence-corrected chi connectivity index (χ4v) is 3.38. The molecular formula is C17H21N7OS. The van der Waals surface area contributed by atoms with Gasteiger partial charge in [0.25, 0.3) is 0 Å². The second-order valence-electron chi connectivity index (χ2n) is 6.13. The largest absolute Gasteiger partial charge is 0.373 e. The van der Waals surface area contributed by atoms with E-state index in [4.69, 9.17) is 9.72 Å². The molecule has 0 bridgehead atoms. The Kier molecular flexibility index (Phi) is 5.00. The van der Waals surface area contributed by atoms with Gasteiger partial charge in [0, 0.05) is 32.0 Å². The Morgan fingerprint density at radius 2 is 2.23 bits per heavy atom. The van der Waals surface area contributed by atoms with E-state index < -0.39 is 0 Å². The van der Waals surface area contributed by atoms with E-state index in [1.807, 2.05) is 29.8 Å². The summed E-state index contributed by atoms with van der Waals surface area (Å²) in [4.78, 5) is 20.2. The Morgan fingerprint density at radius 3 is 3.12 bits per heavy atom. The zero-order valence-electron chi connectivity index (χ0n) is 14.8. The first kappa shape index (κ1) is 17.2. The molecule has 1 aliphatic heterocycles. The topological polar surface area (TPSA) is 80.5 Å². The molecule has 136 valence electrons. The van der Waals surface area contributed by atoms with Crippen molar-refractivity contribution in [2.24, 2.45) is 0 Å². The number of rotatable bonds is 5. The van der Waals surface area contributed by atoms with Crippen LogP contribution in [0.4, 0.5) is 5.82 Å². The molecule has 1 saturated heterocycles. The van der Waals surface area contributed by atoms with Crippen LogP contribution in [0.15, 0.2) is 30.9 Å². The van der Waals surface area contributed by atoms with Crippen LogP contribution in [0.5, 0.6) is 0 Å². The van der Waals surface area contributed by atoms with E-state index in [2.05, 4.69) is 24.6 Å². The summed E-state index contributed by atoms with van der Waals surface area (Å²) in [6.45, 7) is 5.09. The van der Waals surface area contributed by atoms with Crippen molar-refractivity contribution in [2.45, 2.75) is 13.0 Å². The Hall–Kier alpha value is -2.23. The van der Waals surface area contributed by atoms with E-state index in [0.29, 0.717) is 12.4 Å². The highest BCUT2D eigenvalue weighted by Gasteiger charge is 2.22. The normalized spacial score (nSPS) is 17.8. The van der Waals surface area contributed by atoms with Crippen LogP contribution in [0, 0.1) is 6.92 Å². The molecule has 0 aliphatic carbocycles. The van der Waals surface area contributed by atoms with Crippen molar-refractivity contribution < 1.29 is 4.74 Å². The molecule has 3 aromatic heterocycles. The summed E-state index contributed by atoms with van der Waals surface area (Å²) in [6, 6.07) is 1.95. The minimum Gasteiger partial charge on any atom is -0.373 e. The van der Waals surface area contributed by atoms with Gasteiger partial charge in [0.05, 0.1) is 30.8 Å². The van der Waals surface area contributed by atoms with E-state index in [-0.39, 0.29) is 6.10 Å². The van der Waals surface area contributed by atoms with Gasteiger partial charge in [-0.25, -0.2) is 15.0 Å². The zero-order valence-corrected chi connectivity index (χ0v) is 15.6. The van der Waals surface area contributed by atoms with Gasteiger partial charge < -0.3 is 9.64 Å². The number of nitrogens with one attached hydrogen (secondary N) is 1. The lowest BCUT2D eigenvalue weighted by Crippen LogP contribution is -2.46. The Labute approximate surface area is 156 Å². The first-order valence-electron chi connectivity index (χ1n) is 8.50. The van der Waals surface area contributed by atoms with Crippen LogP contribution in [0.25, 0.3) is 17.2 Å². The summed E-state index contributed by atoms with van der Waals surface area (Å²) in [5.74, 6) is 1.57. The van der Waals surface area contributed by atoms with Crippen LogP contribution in [0.1, 0.15) is 5.69 Å². The number of hydrogen-bond acceptors (Lipinski definition) is 8. The molecule has 0 radical (unpaired) electrons. The van der Waals surface area contributed by atoms with Crippen molar-refractivity contribution in [1.29, 1.82) is 0 Å². The second-order valence-corrected chi connectivity index (χ2v) is 6.83. The molecule has 0 spiro atoms. The maximum absolute atomic E-state index is 5.82. The lowest BCUT2D eigenvalue weighted by Gasteiger charge is -2.33. The average molecular weight is 371 g/mol. The highest BCUT2D eigenvalue weighted by Crippen LogP contribution is 2.21. The van der Waals surface area contributed by atoms with Crippen LogP contribution in [-0.2, 0) is 4.74 Å². The van der Waals surface area contributed by atoms with E-state index in [1.54, 1.807) is 30.5 Å². The SMILES string of the molecule is CSNC[C@@H]1CN(c2ccnc(-c3cnc4cnc(C)cn34)n2)CCO1. The maximum Gasteiger partial charge on any atom is 0.180 e. The van der Waals surface area contributed by atoms with Gasteiger partial charge in [-0.2, -0.15) is 0 Å². The van der Waals surface area contributed by atoms with E-state index in [9.17, 15) is 0 Å². The van der Waals surface area contributed by atoms with Gasteiger partial charge in [0.1, 0.15) is 11.5 Å². The predicted molar refractivity (Wildman–Crippen MR) is 102 cm³/mol. The number of aryl methyl sites for hydroxylation is 1. The number of hydrogen-bond donors (Lipinski definition) is 1. The molecule has 0 saturated carbocycles. The number of ether oxygens (including phenoxy) is 1. The Morgan fingerprint density at radius 1 is 1.31 bits per heavy atom. The second kappa shape index (κ2) is 7.56. The van der Waals surface area contributed by atoms with Crippen molar-refractivity contribution in [3.8, 4) is 11.5 Å². The molecule has 0 unspecified atom stereocenters. The van der Waals surface area contributed by atoms with Gasteiger partial charge >= 0.3 is 0 Å². The molecule has 1 atom stereocenters. The number of morpholine rings is 1. The molecule has 1 aliphatic rings. The molecule has 4 heterocycles. The summed E-state index contributed by atoms with van der Waals surface area (Å²) in [5.41, 5.74) is 2.57. The van der Waals surface area contributed by atoms with Crippen LogP contribution < -0.4 is 9.62 Å². The van der Waals surface area contributed by atoms with Gasteiger partial charge in [0.2, 0.25) is 0 Å². The molecular weight excluding hydrogens is 350 g/mol. The maximum atomic E-state index is 5.82. The highest BCUT2D eigenvalue weighted by atomic mass is 32.2. The monoisotopic (exact) mass is 371 g/mol. The van der Waals surface area contributed by atoms with Crippen molar-refractivity contribution in [1.82, 2.24) is 29.1 Å². The third-order valence-corrected chi connectivity index (χ3v) is 4.77. The smallest absolute Gasteiger partial charge is 0.180 e.